The molecule has 2 aromatic carbocycles. The average Bonchev–Trinajstić information content (AvgIpc) is 3.00. The van der Waals surface area contributed by atoms with Gasteiger partial charge in [-0.1, -0.05) is 36.4 Å². The zero-order valence-electron chi connectivity index (χ0n) is 13.7. The molecule has 1 spiro atoms. The largest absolute Gasteiger partial charge is 0.497 e. The summed E-state index contributed by atoms with van der Waals surface area (Å²) >= 11 is 0. The summed E-state index contributed by atoms with van der Waals surface area (Å²) in [4.78, 5) is 13.4. The first-order valence-electron chi connectivity index (χ1n) is 8.40. The van der Waals surface area contributed by atoms with E-state index in [2.05, 4.69) is 22.4 Å². The van der Waals surface area contributed by atoms with Gasteiger partial charge in [-0.05, 0) is 42.5 Å². The van der Waals surface area contributed by atoms with Crippen LogP contribution in [0, 0.1) is 0 Å². The lowest BCUT2D eigenvalue weighted by Gasteiger charge is -2.29. The minimum absolute atomic E-state index is 0.0220. The van der Waals surface area contributed by atoms with Crippen molar-refractivity contribution in [2.45, 2.75) is 30.7 Å². The Kier molecular flexibility index (Phi) is 3.68. The number of ketones is 1. The van der Waals surface area contributed by atoms with E-state index < -0.39 is 5.54 Å². The summed E-state index contributed by atoms with van der Waals surface area (Å²) < 4.78 is 5.35. The lowest BCUT2D eigenvalue weighted by atomic mass is 9.74. The van der Waals surface area contributed by atoms with Crippen LogP contribution in [0.2, 0.25) is 0 Å². The van der Waals surface area contributed by atoms with Crippen molar-refractivity contribution in [3.63, 3.8) is 0 Å². The monoisotopic (exact) mass is 320 g/mol. The first-order valence-corrected chi connectivity index (χ1v) is 8.40. The zero-order chi connectivity index (χ0) is 16.6. The number of nitrogens with zero attached hydrogens (tertiary/aromatic N) is 2. The van der Waals surface area contributed by atoms with Gasteiger partial charge in [-0.2, -0.15) is 10.2 Å². The number of carbonyl (C=O) groups is 1. The van der Waals surface area contributed by atoms with Crippen molar-refractivity contribution in [3.05, 3.63) is 65.2 Å². The fourth-order valence-corrected chi connectivity index (χ4v) is 3.99. The molecule has 4 nitrogen and oxygen atoms in total. The van der Waals surface area contributed by atoms with Crippen LogP contribution in [0.5, 0.6) is 5.75 Å². The molecule has 0 amide bonds. The number of carbonyl (C=O) groups excluding carboxylic acids is 1. The number of ether oxygens (including phenoxy) is 1. The molecule has 2 atom stereocenters. The summed E-state index contributed by atoms with van der Waals surface area (Å²) in [6, 6.07) is 15.9. The van der Waals surface area contributed by atoms with E-state index in [1.54, 1.807) is 7.11 Å². The summed E-state index contributed by atoms with van der Waals surface area (Å²) in [5.74, 6) is 0.895. The highest BCUT2D eigenvalue weighted by Gasteiger charge is 2.51. The van der Waals surface area contributed by atoms with E-state index in [1.165, 1.54) is 0 Å². The predicted octanol–water partition coefficient (Wildman–Crippen LogP) is 4.20. The number of methoxy groups -OCH3 is 1. The van der Waals surface area contributed by atoms with Gasteiger partial charge in [-0.15, -0.1) is 0 Å². The van der Waals surface area contributed by atoms with Crippen molar-refractivity contribution in [3.8, 4) is 5.75 Å². The molecule has 0 saturated heterocycles. The van der Waals surface area contributed by atoms with E-state index in [-0.39, 0.29) is 11.7 Å². The van der Waals surface area contributed by atoms with Crippen LogP contribution in [-0.4, -0.2) is 25.0 Å². The van der Waals surface area contributed by atoms with E-state index in [0.29, 0.717) is 6.54 Å². The van der Waals surface area contributed by atoms with Gasteiger partial charge in [0.05, 0.1) is 13.7 Å². The third-order valence-corrected chi connectivity index (χ3v) is 5.25. The van der Waals surface area contributed by atoms with Crippen molar-refractivity contribution in [2.24, 2.45) is 10.2 Å². The minimum atomic E-state index is -0.765. The van der Waals surface area contributed by atoms with E-state index in [0.717, 1.165) is 41.7 Å². The fourth-order valence-electron chi connectivity index (χ4n) is 3.99. The number of hydrogen-bond donors (Lipinski definition) is 0. The average molecular weight is 320 g/mol. The molecule has 2 unspecified atom stereocenters. The second-order valence-electron chi connectivity index (χ2n) is 6.52. The molecule has 0 fully saturated rings. The minimum Gasteiger partial charge on any atom is -0.497 e. The zero-order valence-corrected chi connectivity index (χ0v) is 13.7. The fraction of sp³-hybridized carbons (Fsp3) is 0.350. The van der Waals surface area contributed by atoms with Gasteiger partial charge in [0, 0.05) is 11.5 Å². The Hall–Kier alpha value is -2.49. The molecule has 1 aliphatic heterocycles. The molecule has 2 aliphatic rings. The highest BCUT2D eigenvalue weighted by Crippen LogP contribution is 2.45. The molecule has 0 bridgehead atoms. The van der Waals surface area contributed by atoms with E-state index in [9.17, 15) is 4.79 Å². The first-order chi connectivity index (χ1) is 11.7. The van der Waals surface area contributed by atoms with Crippen molar-refractivity contribution in [1.29, 1.82) is 0 Å². The molecule has 0 saturated carbocycles. The van der Waals surface area contributed by atoms with E-state index in [1.807, 2.05) is 36.4 Å². The molecule has 2 aromatic rings. The van der Waals surface area contributed by atoms with Crippen LogP contribution >= 0.6 is 0 Å². The van der Waals surface area contributed by atoms with Crippen LogP contribution in [-0.2, 0) is 6.42 Å². The third kappa shape index (κ3) is 2.25. The van der Waals surface area contributed by atoms with E-state index in [4.69, 9.17) is 4.74 Å². The summed E-state index contributed by atoms with van der Waals surface area (Å²) in [6.07, 6.45) is 2.61. The van der Waals surface area contributed by atoms with Gasteiger partial charge >= 0.3 is 0 Å². The maximum atomic E-state index is 13.4. The number of rotatable bonds is 2. The van der Waals surface area contributed by atoms with Gasteiger partial charge in [0.15, 0.2) is 11.3 Å². The van der Waals surface area contributed by atoms with Crippen LogP contribution in [0.25, 0.3) is 0 Å². The van der Waals surface area contributed by atoms with Crippen molar-refractivity contribution in [1.82, 2.24) is 0 Å². The Labute approximate surface area is 141 Å². The SMILES string of the molecule is COc1cccc(C2CN=NC23CCCc2ccccc2C3=O)c1. The van der Waals surface area contributed by atoms with Gasteiger partial charge in [0.1, 0.15) is 5.75 Å². The van der Waals surface area contributed by atoms with Crippen LogP contribution in [0.15, 0.2) is 58.8 Å². The van der Waals surface area contributed by atoms with Crippen molar-refractivity contribution in [2.75, 3.05) is 13.7 Å². The third-order valence-electron chi connectivity index (χ3n) is 5.25. The summed E-state index contributed by atoms with van der Waals surface area (Å²) in [6.45, 7) is 0.557. The van der Waals surface area contributed by atoms with Gasteiger partial charge < -0.3 is 4.74 Å². The molecular weight excluding hydrogens is 300 g/mol. The quantitative estimate of drug-likeness (QED) is 0.832. The molecule has 1 aliphatic carbocycles. The Morgan fingerprint density at radius 1 is 1.17 bits per heavy atom. The number of fused-ring (bicyclic) bond motifs is 1. The maximum absolute atomic E-state index is 13.4. The molecule has 24 heavy (non-hydrogen) atoms. The maximum Gasteiger partial charge on any atom is 0.193 e. The van der Waals surface area contributed by atoms with Gasteiger partial charge in [-0.3, -0.25) is 4.79 Å². The molecule has 0 radical (unpaired) electrons. The molecule has 122 valence electrons. The molecule has 0 aromatic heterocycles. The number of hydrogen-bond acceptors (Lipinski definition) is 4. The lowest BCUT2D eigenvalue weighted by molar-refractivity contribution is 0.0870. The standard InChI is InChI=1S/C20H20N2O2/c1-24-16-9-4-7-15(12-16)18-13-21-22-20(18)11-5-8-14-6-2-3-10-17(14)19(20)23/h2-4,6-7,9-10,12,18H,5,8,11,13H2,1H3. The molecular formula is C20H20N2O2. The van der Waals surface area contributed by atoms with Crippen molar-refractivity contribution >= 4 is 5.78 Å². The van der Waals surface area contributed by atoms with Crippen LogP contribution in [0.4, 0.5) is 0 Å². The number of benzene rings is 2. The van der Waals surface area contributed by atoms with Gasteiger partial charge in [0.25, 0.3) is 0 Å². The number of Topliss-reactive ketones (excluding diaryl/α,β-unsaturated/α-hetero) is 1. The van der Waals surface area contributed by atoms with E-state index >= 15 is 0 Å². The highest BCUT2D eigenvalue weighted by atomic mass is 16.5. The summed E-state index contributed by atoms with van der Waals surface area (Å²) in [5.41, 5.74) is 2.25. The predicted molar refractivity (Wildman–Crippen MR) is 91.9 cm³/mol. The van der Waals surface area contributed by atoms with Crippen LogP contribution < -0.4 is 4.74 Å². The van der Waals surface area contributed by atoms with Crippen molar-refractivity contribution < 1.29 is 9.53 Å². The summed E-state index contributed by atoms with van der Waals surface area (Å²) in [5, 5.41) is 8.82. The Balaban J connectivity index is 1.80. The summed E-state index contributed by atoms with van der Waals surface area (Å²) in [7, 11) is 1.66. The topological polar surface area (TPSA) is 51.0 Å². The molecule has 0 N–H and O–H groups in total. The normalized spacial score (nSPS) is 25.5. The highest BCUT2D eigenvalue weighted by molar-refractivity contribution is 6.05. The Bertz CT molecular complexity index is 815. The Morgan fingerprint density at radius 2 is 2.04 bits per heavy atom. The molecule has 1 heterocycles. The smallest absolute Gasteiger partial charge is 0.193 e. The molecule has 4 rings (SSSR count). The number of azo groups is 1. The lowest BCUT2D eigenvalue weighted by Crippen LogP contribution is -2.40. The molecule has 4 heteroatoms. The van der Waals surface area contributed by atoms with Crippen LogP contribution in [0.3, 0.4) is 0 Å². The second kappa shape index (κ2) is 5.86. The van der Waals surface area contributed by atoms with Gasteiger partial charge in [0.2, 0.25) is 0 Å². The Morgan fingerprint density at radius 3 is 2.92 bits per heavy atom. The van der Waals surface area contributed by atoms with Crippen LogP contribution in [0.1, 0.15) is 40.2 Å². The second-order valence-corrected chi connectivity index (χ2v) is 6.52. The van der Waals surface area contributed by atoms with Gasteiger partial charge in [-0.25, -0.2) is 0 Å². The first kappa shape index (κ1) is 15.1. The number of aryl methyl sites for hydroxylation is 1.